The minimum Gasteiger partial charge on any atom is -0.489 e. The summed E-state index contributed by atoms with van der Waals surface area (Å²) in [5, 5.41) is 0.676. The van der Waals surface area contributed by atoms with Crippen molar-refractivity contribution >= 4 is 50.6 Å². The second-order valence-electron chi connectivity index (χ2n) is 10.1. The van der Waals surface area contributed by atoms with Crippen molar-refractivity contribution in [1.82, 2.24) is 4.57 Å². The number of hydrogen-bond acceptors (Lipinski definition) is 4. The van der Waals surface area contributed by atoms with E-state index in [0.717, 1.165) is 50.1 Å². The molecule has 4 aromatic carbocycles. The zero-order chi connectivity index (χ0) is 27.9. The summed E-state index contributed by atoms with van der Waals surface area (Å²) >= 11 is 11.3. The Kier molecular flexibility index (Phi) is 6.99. The van der Waals surface area contributed by atoms with E-state index in [2.05, 4.69) is 52.3 Å². The molecule has 7 heteroatoms. The SMILES string of the molecule is O=c1/c(=C/c2cccc(OCc3ccccc3Cl)c2)sc2n1[C@@H](c1ccc(Br)cc1)C1=C(N=2)c2ccccc2CC1. The second-order valence-corrected chi connectivity index (χ2v) is 12.4. The van der Waals surface area contributed by atoms with Crippen LogP contribution >= 0.6 is 38.9 Å². The fraction of sp³-hybridized carbons (Fsp3) is 0.118. The quantitative estimate of drug-likeness (QED) is 0.202. The first kappa shape index (κ1) is 26.2. The summed E-state index contributed by atoms with van der Waals surface area (Å²) in [6, 6.07) is 32.0. The van der Waals surface area contributed by atoms with E-state index in [1.165, 1.54) is 22.5 Å². The Morgan fingerprint density at radius 2 is 1.78 bits per heavy atom. The largest absolute Gasteiger partial charge is 0.489 e. The van der Waals surface area contributed by atoms with Crippen molar-refractivity contribution in [3.8, 4) is 5.75 Å². The molecule has 2 aliphatic rings. The standard InChI is InChI=1S/C34H24BrClN2O2S/c35-25-15-12-23(13-16-25)32-28-17-14-22-7-1-3-10-27(22)31(28)37-34-38(32)33(39)30(41-34)19-21-6-5-9-26(18-21)40-20-24-8-2-4-11-29(24)36/h1-13,15-16,18-19,32H,14,17,20H2/b30-19-/t32-/m0/s1. The van der Waals surface area contributed by atoms with E-state index in [4.69, 9.17) is 21.3 Å². The molecule has 0 amide bonds. The van der Waals surface area contributed by atoms with Crippen molar-refractivity contribution in [2.45, 2.75) is 25.5 Å². The van der Waals surface area contributed by atoms with Gasteiger partial charge in [-0.25, -0.2) is 4.99 Å². The molecule has 4 nitrogen and oxygen atoms in total. The molecule has 1 aliphatic carbocycles. The fourth-order valence-corrected chi connectivity index (χ4v) is 7.05. The van der Waals surface area contributed by atoms with Gasteiger partial charge in [-0.2, -0.15) is 0 Å². The predicted molar refractivity (Wildman–Crippen MR) is 169 cm³/mol. The number of allylic oxidation sites excluding steroid dienone is 1. The summed E-state index contributed by atoms with van der Waals surface area (Å²) in [5.74, 6) is 0.714. The number of halogens is 2. The van der Waals surface area contributed by atoms with Crippen LogP contribution in [-0.4, -0.2) is 4.57 Å². The summed E-state index contributed by atoms with van der Waals surface area (Å²) in [6.07, 6.45) is 3.73. The van der Waals surface area contributed by atoms with E-state index in [9.17, 15) is 4.79 Å². The lowest BCUT2D eigenvalue weighted by molar-refractivity contribution is 0.306. The highest BCUT2D eigenvalue weighted by Crippen LogP contribution is 2.41. The topological polar surface area (TPSA) is 43.6 Å². The Balaban J connectivity index is 1.32. The number of aromatic nitrogens is 1. The van der Waals surface area contributed by atoms with Crippen molar-refractivity contribution in [2.24, 2.45) is 4.99 Å². The van der Waals surface area contributed by atoms with Crippen LogP contribution in [0.2, 0.25) is 5.02 Å². The number of benzene rings is 4. The van der Waals surface area contributed by atoms with Crippen molar-refractivity contribution in [3.63, 3.8) is 0 Å². The maximum Gasteiger partial charge on any atom is 0.271 e. The molecule has 0 spiro atoms. The van der Waals surface area contributed by atoms with Gasteiger partial charge < -0.3 is 4.74 Å². The summed E-state index contributed by atoms with van der Waals surface area (Å²) in [7, 11) is 0. The van der Waals surface area contributed by atoms with Crippen molar-refractivity contribution < 1.29 is 4.74 Å². The lowest BCUT2D eigenvalue weighted by Crippen LogP contribution is -2.38. The maximum absolute atomic E-state index is 14.0. The summed E-state index contributed by atoms with van der Waals surface area (Å²) in [4.78, 5) is 19.9. The van der Waals surface area contributed by atoms with Crippen LogP contribution in [0, 0.1) is 0 Å². The lowest BCUT2D eigenvalue weighted by Gasteiger charge is -2.30. The molecular weight excluding hydrogens is 616 g/mol. The number of fused-ring (bicyclic) bond motifs is 3. The zero-order valence-electron chi connectivity index (χ0n) is 21.9. The highest BCUT2D eigenvalue weighted by molar-refractivity contribution is 9.10. The Labute approximate surface area is 254 Å². The number of hydrogen-bond donors (Lipinski definition) is 0. The van der Waals surface area contributed by atoms with Crippen LogP contribution in [-0.2, 0) is 13.0 Å². The van der Waals surface area contributed by atoms with Gasteiger partial charge in [0.2, 0.25) is 0 Å². The highest BCUT2D eigenvalue weighted by Gasteiger charge is 2.32. The van der Waals surface area contributed by atoms with E-state index in [-0.39, 0.29) is 11.6 Å². The summed E-state index contributed by atoms with van der Waals surface area (Å²) in [6.45, 7) is 0.367. The van der Waals surface area contributed by atoms with Gasteiger partial charge in [-0.15, -0.1) is 0 Å². The predicted octanol–water partition coefficient (Wildman–Crippen LogP) is 7.31. The average molecular weight is 640 g/mol. The molecule has 202 valence electrons. The molecule has 5 aromatic rings. The van der Waals surface area contributed by atoms with Crippen molar-refractivity contribution in [2.75, 3.05) is 0 Å². The number of ether oxygens (including phenoxy) is 1. The van der Waals surface area contributed by atoms with Gasteiger partial charge in [0, 0.05) is 20.6 Å². The van der Waals surface area contributed by atoms with Crippen LogP contribution in [0.15, 0.2) is 117 Å². The fourth-order valence-electron chi connectivity index (χ4n) is 5.59. The van der Waals surface area contributed by atoms with Crippen LogP contribution in [0.1, 0.15) is 40.3 Å². The van der Waals surface area contributed by atoms with E-state index >= 15 is 0 Å². The third-order valence-electron chi connectivity index (χ3n) is 7.57. The van der Waals surface area contributed by atoms with Gasteiger partial charge in [0.25, 0.3) is 5.56 Å². The smallest absolute Gasteiger partial charge is 0.271 e. The van der Waals surface area contributed by atoms with E-state index < -0.39 is 0 Å². The molecule has 1 aromatic heterocycles. The Morgan fingerprint density at radius 1 is 0.976 bits per heavy atom. The average Bonchev–Trinajstić information content (AvgIpc) is 3.30. The summed E-state index contributed by atoms with van der Waals surface area (Å²) in [5.41, 5.74) is 7.52. The molecule has 0 N–H and O–H groups in total. The molecule has 0 saturated heterocycles. The number of thiazole rings is 1. The normalized spacial score (nSPS) is 16.0. The van der Waals surface area contributed by atoms with Crippen LogP contribution in [0.5, 0.6) is 5.75 Å². The minimum absolute atomic E-state index is 0.0329. The van der Waals surface area contributed by atoms with Crippen LogP contribution in [0.4, 0.5) is 0 Å². The molecule has 41 heavy (non-hydrogen) atoms. The Hall–Kier alpha value is -3.71. The number of aryl methyl sites for hydroxylation is 1. The Bertz CT molecular complexity index is 2010. The highest BCUT2D eigenvalue weighted by atomic mass is 79.9. The second kappa shape index (κ2) is 10.9. The first-order valence-electron chi connectivity index (χ1n) is 13.4. The van der Waals surface area contributed by atoms with E-state index in [0.29, 0.717) is 21.9 Å². The van der Waals surface area contributed by atoms with Crippen LogP contribution in [0.3, 0.4) is 0 Å². The first-order chi connectivity index (χ1) is 20.0. The van der Waals surface area contributed by atoms with Gasteiger partial charge in [-0.05, 0) is 71.5 Å². The molecule has 0 fully saturated rings. The third kappa shape index (κ3) is 5.01. The van der Waals surface area contributed by atoms with Gasteiger partial charge >= 0.3 is 0 Å². The minimum atomic E-state index is -0.199. The van der Waals surface area contributed by atoms with E-state index in [1.54, 1.807) is 0 Å². The van der Waals surface area contributed by atoms with Crippen LogP contribution < -0.4 is 19.6 Å². The molecule has 2 heterocycles. The van der Waals surface area contributed by atoms with Crippen molar-refractivity contribution in [1.29, 1.82) is 0 Å². The molecule has 0 saturated carbocycles. The summed E-state index contributed by atoms with van der Waals surface area (Å²) < 4.78 is 9.56. The molecule has 0 radical (unpaired) electrons. The molecule has 7 rings (SSSR count). The third-order valence-corrected chi connectivity index (χ3v) is 9.45. The zero-order valence-corrected chi connectivity index (χ0v) is 25.0. The van der Waals surface area contributed by atoms with E-state index in [1.807, 2.05) is 71.3 Å². The number of nitrogens with zero attached hydrogens (tertiary/aromatic N) is 2. The monoisotopic (exact) mass is 638 g/mol. The van der Waals surface area contributed by atoms with Gasteiger partial charge in [-0.1, -0.05) is 106 Å². The lowest BCUT2D eigenvalue weighted by atomic mass is 9.83. The molecular formula is C34H24BrClN2O2S. The van der Waals surface area contributed by atoms with Crippen molar-refractivity contribution in [3.05, 3.63) is 160 Å². The molecule has 1 aliphatic heterocycles. The Morgan fingerprint density at radius 3 is 2.63 bits per heavy atom. The van der Waals surface area contributed by atoms with Gasteiger partial charge in [-0.3, -0.25) is 9.36 Å². The first-order valence-corrected chi connectivity index (χ1v) is 15.4. The molecule has 0 unspecified atom stereocenters. The molecule has 1 atom stereocenters. The van der Waals surface area contributed by atoms with Crippen LogP contribution in [0.25, 0.3) is 11.8 Å². The molecule has 0 bridgehead atoms. The van der Waals surface area contributed by atoms with Gasteiger partial charge in [0.05, 0.1) is 16.3 Å². The van der Waals surface area contributed by atoms with Gasteiger partial charge in [0.15, 0.2) is 4.80 Å². The maximum atomic E-state index is 14.0. The van der Waals surface area contributed by atoms with Gasteiger partial charge in [0.1, 0.15) is 12.4 Å². The number of rotatable bonds is 5.